The van der Waals surface area contributed by atoms with Crippen molar-refractivity contribution >= 4 is 68.2 Å². The second kappa shape index (κ2) is 9.49. The molecule has 0 aliphatic carbocycles. The molecule has 0 aliphatic rings. The van der Waals surface area contributed by atoms with E-state index in [2.05, 4.69) is 20.8 Å². The predicted molar refractivity (Wildman–Crippen MR) is 139 cm³/mol. The number of hydrogen-bond acceptors (Lipinski definition) is 7. The molecule has 2 aromatic carbocycles. The molecule has 0 bridgehead atoms. The molecule has 33 heavy (non-hydrogen) atoms. The predicted octanol–water partition coefficient (Wildman–Crippen LogP) is 4.78. The fraction of sp³-hybridized carbons (Fsp3) is 0. The Labute approximate surface area is 202 Å². The highest BCUT2D eigenvalue weighted by Gasteiger charge is 2.15. The maximum Gasteiger partial charge on any atom is 0.267 e. The van der Waals surface area contributed by atoms with Crippen molar-refractivity contribution in [2.45, 2.75) is 9.37 Å². The summed E-state index contributed by atoms with van der Waals surface area (Å²) in [6.07, 6.45) is 3.13. The van der Waals surface area contributed by atoms with Gasteiger partial charge in [0.1, 0.15) is 10.7 Å². The van der Waals surface area contributed by atoms with Gasteiger partial charge in [0, 0.05) is 11.9 Å². The van der Waals surface area contributed by atoms with Crippen LogP contribution in [0, 0.1) is 0 Å². The second-order valence-corrected chi connectivity index (χ2v) is 9.48. The number of nitrogens with one attached hydrogen (secondary N) is 2. The van der Waals surface area contributed by atoms with Gasteiger partial charge in [-0.1, -0.05) is 36.4 Å². The molecule has 0 spiro atoms. The van der Waals surface area contributed by atoms with Gasteiger partial charge < -0.3 is 5.32 Å². The monoisotopic (exact) mass is 488 g/mol. The van der Waals surface area contributed by atoms with E-state index in [4.69, 9.17) is 17.2 Å². The summed E-state index contributed by atoms with van der Waals surface area (Å²) < 4.78 is 3.36. The molecule has 2 N–H and O–H groups in total. The molecule has 0 saturated heterocycles. The summed E-state index contributed by atoms with van der Waals surface area (Å²) in [4.78, 5) is 22.6. The number of hydrazone groups is 1. The number of fused-ring (bicyclic) bond motifs is 2. The van der Waals surface area contributed by atoms with Crippen LogP contribution in [0.25, 0.3) is 15.9 Å². The third kappa shape index (κ3) is 4.77. The van der Waals surface area contributed by atoms with E-state index in [0.717, 1.165) is 20.2 Å². The number of thiazole rings is 1. The molecule has 0 unspecified atom stereocenters. The van der Waals surface area contributed by atoms with Gasteiger partial charge in [0.15, 0.2) is 9.45 Å². The standard InChI is InChI=1S/C23H16N6OS3/c30-21-16(14-24-28-22(31)25-15-8-2-1-3-9-15)20(27-19-12-6-7-13-29(19)21)33-23-26-17-10-4-5-11-18(17)32-23/h1-14H,(H2,25,28,31)/b24-14+. The molecule has 3 aromatic heterocycles. The quantitative estimate of drug-likeness (QED) is 0.159. The van der Waals surface area contributed by atoms with Crippen molar-refractivity contribution in [2.75, 3.05) is 5.32 Å². The average molecular weight is 489 g/mol. The Kier molecular flexibility index (Phi) is 6.11. The molecule has 0 atom stereocenters. The van der Waals surface area contributed by atoms with Crippen LogP contribution >= 0.6 is 35.3 Å². The fourth-order valence-corrected chi connectivity index (χ4v) is 5.32. The van der Waals surface area contributed by atoms with E-state index in [9.17, 15) is 4.79 Å². The molecule has 0 aliphatic heterocycles. The summed E-state index contributed by atoms with van der Waals surface area (Å²) in [6, 6.07) is 22.9. The van der Waals surface area contributed by atoms with Gasteiger partial charge in [-0.25, -0.2) is 9.97 Å². The van der Waals surface area contributed by atoms with Crippen molar-refractivity contribution in [3.8, 4) is 0 Å². The second-order valence-electron chi connectivity index (χ2n) is 6.80. The number of aromatic nitrogens is 3. The van der Waals surface area contributed by atoms with E-state index in [0.29, 0.717) is 21.3 Å². The number of benzene rings is 2. The van der Waals surface area contributed by atoms with Crippen LogP contribution in [0.4, 0.5) is 5.69 Å². The summed E-state index contributed by atoms with van der Waals surface area (Å²) in [5.74, 6) is 0. The summed E-state index contributed by atoms with van der Waals surface area (Å²) in [7, 11) is 0. The van der Waals surface area contributed by atoms with Crippen molar-refractivity contribution in [3.63, 3.8) is 0 Å². The maximum atomic E-state index is 13.2. The molecular weight excluding hydrogens is 472 g/mol. The Hall–Kier alpha value is -3.60. The van der Waals surface area contributed by atoms with Crippen LogP contribution in [-0.4, -0.2) is 25.7 Å². The molecule has 7 nitrogen and oxygen atoms in total. The molecule has 5 rings (SSSR count). The number of para-hydroxylation sites is 2. The van der Waals surface area contributed by atoms with Crippen LogP contribution in [0.15, 0.2) is 98.3 Å². The topological polar surface area (TPSA) is 83.7 Å². The zero-order chi connectivity index (χ0) is 22.6. The minimum atomic E-state index is -0.225. The highest BCUT2D eigenvalue weighted by atomic mass is 32.2. The first-order chi connectivity index (χ1) is 16.2. The van der Waals surface area contributed by atoms with Crippen molar-refractivity contribution in [2.24, 2.45) is 5.10 Å². The van der Waals surface area contributed by atoms with Crippen molar-refractivity contribution < 1.29 is 0 Å². The van der Waals surface area contributed by atoms with Crippen LogP contribution in [-0.2, 0) is 0 Å². The zero-order valence-corrected chi connectivity index (χ0v) is 19.5. The Morgan fingerprint density at radius 3 is 2.67 bits per heavy atom. The third-order valence-electron chi connectivity index (χ3n) is 4.58. The minimum Gasteiger partial charge on any atom is -0.331 e. The summed E-state index contributed by atoms with van der Waals surface area (Å²) >= 11 is 8.19. The molecule has 0 fully saturated rings. The SMILES string of the molecule is O=c1c(/C=N/NC(=S)Nc2ccccc2)c(Sc2nc3ccccc3s2)nc2ccccn12. The van der Waals surface area contributed by atoms with E-state index in [1.54, 1.807) is 29.7 Å². The Morgan fingerprint density at radius 1 is 1.03 bits per heavy atom. The van der Waals surface area contributed by atoms with Crippen LogP contribution in [0.1, 0.15) is 5.56 Å². The largest absolute Gasteiger partial charge is 0.331 e. The molecule has 0 amide bonds. The van der Waals surface area contributed by atoms with Crippen LogP contribution < -0.4 is 16.3 Å². The highest BCUT2D eigenvalue weighted by molar-refractivity contribution is 8.01. The molecule has 10 heteroatoms. The number of anilines is 1. The fourth-order valence-electron chi connectivity index (χ4n) is 3.08. The van der Waals surface area contributed by atoms with E-state index in [1.807, 2.05) is 60.7 Å². The zero-order valence-electron chi connectivity index (χ0n) is 17.0. The Balaban J connectivity index is 1.45. The molecular formula is C23H16N6OS3. The first kappa shape index (κ1) is 21.3. The van der Waals surface area contributed by atoms with Gasteiger partial charge in [-0.15, -0.1) is 11.3 Å². The lowest BCUT2D eigenvalue weighted by atomic mass is 10.3. The lowest BCUT2D eigenvalue weighted by Gasteiger charge is -2.08. The van der Waals surface area contributed by atoms with E-state index < -0.39 is 0 Å². The summed E-state index contributed by atoms with van der Waals surface area (Å²) in [5, 5.41) is 8.06. The van der Waals surface area contributed by atoms with Crippen LogP contribution in [0.3, 0.4) is 0 Å². The van der Waals surface area contributed by atoms with Gasteiger partial charge >= 0.3 is 0 Å². The van der Waals surface area contributed by atoms with E-state index >= 15 is 0 Å². The van der Waals surface area contributed by atoms with Crippen molar-refractivity contribution in [3.05, 3.63) is 94.9 Å². The molecule has 5 aromatic rings. The molecule has 162 valence electrons. The molecule has 0 radical (unpaired) electrons. The van der Waals surface area contributed by atoms with E-state index in [-0.39, 0.29) is 5.56 Å². The number of pyridine rings is 1. The minimum absolute atomic E-state index is 0.225. The van der Waals surface area contributed by atoms with Crippen molar-refractivity contribution in [1.29, 1.82) is 0 Å². The lowest BCUT2D eigenvalue weighted by Crippen LogP contribution is -2.25. The smallest absolute Gasteiger partial charge is 0.267 e. The Bertz CT molecular complexity index is 1510. The average Bonchev–Trinajstić information content (AvgIpc) is 3.24. The van der Waals surface area contributed by atoms with Crippen LogP contribution in [0.2, 0.25) is 0 Å². The number of hydrogen-bond donors (Lipinski definition) is 2. The van der Waals surface area contributed by atoms with Crippen LogP contribution in [0.5, 0.6) is 0 Å². The first-order valence-electron chi connectivity index (χ1n) is 9.87. The highest BCUT2D eigenvalue weighted by Crippen LogP contribution is 2.34. The van der Waals surface area contributed by atoms with Crippen molar-refractivity contribution in [1.82, 2.24) is 19.8 Å². The molecule has 0 saturated carbocycles. The summed E-state index contributed by atoms with van der Waals surface area (Å²) in [6.45, 7) is 0. The third-order valence-corrected chi connectivity index (χ3v) is 6.88. The van der Waals surface area contributed by atoms with Gasteiger partial charge in [-0.2, -0.15) is 5.10 Å². The normalized spacial score (nSPS) is 11.3. The van der Waals surface area contributed by atoms with Gasteiger partial charge in [-0.05, 0) is 60.4 Å². The summed E-state index contributed by atoms with van der Waals surface area (Å²) in [5.41, 5.74) is 5.18. The number of thiocarbonyl (C=S) groups is 1. The van der Waals surface area contributed by atoms with Gasteiger partial charge in [-0.3, -0.25) is 14.6 Å². The Morgan fingerprint density at radius 2 is 1.82 bits per heavy atom. The van der Waals surface area contributed by atoms with Gasteiger partial charge in [0.25, 0.3) is 5.56 Å². The first-order valence-corrected chi connectivity index (χ1v) is 11.9. The van der Waals surface area contributed by atoms with Gasteiger partial charge in [0.05, 0.1) is 22.0 Å². The number of nitrogens with zero attached hydrogens (tertiary/aromatic N) is 4. The van der Waals surface area contributed by atoms with E-state index in [1.165, 1.54) is 22.4 Å². The number of rotatable bonds is 5. The lowest BCUT2D eigenvalue weighted by molar-refractivity contribution is 0.970. The maximum absolute atomic E-state index is 13.2. The van der Waals surface area contributed by atoms with Gasteiger partial charge in [0.2, 0.25) is 0 Å². The molecule has 3 heterocycles.